The van der Waals surface area contributed by atoms with Crippen LogP contribution in [0.3, 0.4) is 0 Å². The molecule has 0 fully saturated rings. The van der Waals surface area contributed by atoms with Gasteiger partial charge in [-0.1, -0.05) is 33.6 Å². The lowest BCUT2D eigenvalue weighted by Crippen LogP contribution is -2.41. The van der Waals surface area contributed by atoms with Crippen molar-refractivity contribution in [2.24, 2.45) is 11.7 Å². The smallest absolute Gasteiger partial charge is 0.0149 e. The molecule has 0 saturated carbocycles. The predicted octanol–water partition coefficient (Wildman–Crippen LogP) is 2.97. The molecule has 2 heteroatoms. The first-order valence-electron chi connectivity index (χ1n) is 4.29. The predicted molar refractivity (Wildman–Crippen MR) is 54.2 cm³/mol. The zero-order valence-corrected chi connectivity index (χ0v) is 9.00. The van der Waals surface area contributed by atoms with Gasteiger partial charge in [0.25, 0.3) is 0 Å². The van der Waals surface area contributed by atoms with Gasteiger partial charge >= 0.3 is 0 Å². The van der Waals surface area contributed by atoms with Crippen LogP contribution in [0.15, 0.2) is 0 Å². The fraction of sp³-hybridized carbons (Fsp3) is 1.00. The molecule has 0 aliphatic carbocycles. The van der Waals surface area contributed by atoms with E-state index in [4.69, 9.17) is 5.73 Å². The standard InChI is InChI=1S/C9H21N.ClH/c1-5-6-7-9(4,10)8(2)3;/h8H,5-7,10H2,1-4H3;1H/t9-;/m1./s1. The first-order valence-corrected chi connectivity index (χ1v) is 4.29. The molecule has 0 saturated heterocycles. The Hall–Kier alpha value is 0.250. The molecule has 70 valence electrons. The van der Waals surface area contributed by atoms with Crippen molar-refractivity contribution in [2.75, 3.05) is 0 Å². The van der Waals surface area contributed by atoms with Crippen LogP contribution in [-0.4, -0.2) is 5.54 Å². The first kappa shape index (κ1) is 13.8. The highest BCUT2D eigenvalue weighted by molar-refractivity contribution is 5.85. The molecular formula is C9H22ClN. The van der Waals surface area contributed by atoms with Crippen LogP contribution < -0.4 is 5.73 Å². The van der Waals surface area contributed by atoms with Crippen LogP contribution in [0.1, 0.15) is 47.0 Å². The lowest BCUT2D eigenvalue weighted by molar-refractivity contribution is 0.309. The van der Waals surface area contributed by atoms with E-state index in [0.717, 1.165) is 6.42 Å². The van der Waals surface area contributed by atoms with Crippen LogP contribution in [0, 0.1) is 5.92 Å². The summed E-state index contributed by atoms with van der Waals surface area (Å²) in [5.41, 5.74) is 6.10. The SMILES string of the molecule is CCCC[C@@](C)(N)C(C)C.Cl. The Morgan fingerprint density at radius 2 is 1.82 bits per heavy atom. The fourth-order valence-electron chi connectivity index (χ4n) is 0.846. The second-order valence-corrected chi connectivity index (χ2v) is 3.76. The summed E-state index contributed by atoms with van der Waals surface area (Å²) in [6.07, 6.45) is 3.66. The van der Waals surface area contributed by atoms with Gasteiger partial charge in [-0.2, -0.15) is 0 Å². The number of hydrogen-bond donors (Lipinski definition) is 1. The fourth-order valence-corrected chi connectivity index (χ4v) is 0.846. The Morgan fingerprint density at radius 1 is 1.36 bits per heavy atom. The lowest BCUT2D eigenvalue weighted by Gasteiger charge is -2.28. The molecule has 0 heterocycles. The Balaban J connectivity index is 0. The van der Waals surface area contributed by atoms with E-state index in [1.165, 1.54) is 12.8 Å². The summed E-state index contributed by atoms with van der Waals surface area (Å²) in [5.74, 6) is 0.596. The van der Waals surface area contributed by atoms with Crippen LogP contribution in [-0.2, 0) is 0 Å². The average Bonchev–Trinajstić information content (AvgIpc) is 1.84. The van der Waals surface area contributed by atoms with Crippen LogP contribution in [0.4, 0.5) is 0 Å². The van der Waals surface area contributed by atoms with Crippen LogP contribution >= 0.6 is 12.4 Å². The molecule has 0 aromatic heterocycles. The second kappa shape index (κ2) is 5.84. The Kier molecular flexibility index (Phi) is 7.34. The summed E-state index contributed by atoms with van der Waals surface area (Å²) in [5, 5.41) is 0. The van der Waals surface area contributed by atoms with Crippen molar-refractivity contribution >= 4 is 12.4 Å². The monoisotopic (exact) mass is 179 g/mol. The molecule has 0 radical (unpaired) electrons. The minimum atomic E-state index is 0. The van der Waals surface area contributed by atoms with Crippen LogP contribution in [0.25, 0.3) is 0 Å². The van der Waals surface area contributed by atoms with Crippen LogP contribution in [0.2, 0.25) is 0 Å². The Bertz CT molecular complexity index is 89.6. The summed E-state index contributed by atoms with van der Waals surface area (Å²) in [6, 6.07) is 0. The topological polar surface area (TPSA) is 26.0 Å². The van der Waals surface area contributed by atoms with Gasteiger partial charge in [0.1, 0.15) is 0 Å². The van der Waals surface area contributed by atoms with E-state index in [9.17, 15) is 0 Å². The molecule has 0 rings (SSSR count). The molecule has 0 aromatic rings. The highest BCUT2D eigenvalue weighted by atomic mass is 35.5. The van der Waals surface area contributed by atoms with E-state index in [1.54, 1.807) is 0 Å². The second-order valence-electron chi connectivity index (χ2n) is 3.76. The highest BCUT2D eigenvalue weighted by Gasteiger charge is 2.21. The summed E-state index contributed by atoms with van der Waals surface area (Å²) < 4.78 is 0. The van der Waals surface area contributed by atoms with Gasteiger partial charge in [-0.05, 0) is 19.3 Å². The Morgan fingerprint density at radius 3 is 2.09 bits per heavy atom. The maximum Gasteiger partial charge on any atom is 0.0149 e. The van der Waals surface area contributed by atoms with Gasteiger partial charge in [0.15, 0.2) is 0 Å². The van der Waals surface area contributed by atoms with E-state index in [-0.39, 0.29) is 17.9 Å². The molecule has 11 heavy (non-hydrogen) atoms. The van der Waals surface area contributed by atoms with Gasteiger partial charge in [-0.25, -0.2) is 0 Å². The zero-order chi connectivity index (χ0) is 8.20. The van der Waals surface area contributed by atoms with E-state index in [0.29, 0.717) is 5.92 Å². The molecule has 1 atom stereocenters. The van der Waals surface area contributed by atoms with Gasteiger partial charge in [-0.3, -0.25) is 0 Å². The van der Waals surface area contributed by atoms with E-state index >= 15 is 0 Å². The highest BCUT2D eigenvalue weighted by Crippen LogP contribution is 2.19. The van der Waals surface area contributed by atoms with Crippen molar-refractivity contribution < 1.29 is 0 Å². The average molecular weight is 180 g/mol. The number of hydrogen-bond acceptors (Lipinski definition) is 1. The third kappa shape index (κ3) is 5.51. The quantitative estimate of drug-likeness (QED) is 0.706. The summed E-state index contributed by atoms with van der Waals surface area (Å²) in [4.78, 5) is 0. The van der Waals surface area contributed by atoms with Crippen LogP contribution in [0.5, 0.6) is 0 Å². The number of nitrogens with two attached hydrogens (primary N) is 1. The van der Waals surface area contributed by atoms with Gasteiger partial charge < -0.3 is 5.73 Å². The van der Waals surface area contributed by atoms with Gasteiger partial charge in [0.2, 0.25) is 0 Å². The zero-order valence-electron chi connectivity index (χ0n) is 8.18. The maximum absolute atomic E-state index is 6.05. The van der Waals surface area contributed by atoms with E-state index < -0.39 is 0 Å². The molecule has 0 aliphatic heterocycles. The number of halogens is 1. The van der Waals surface area contributed by atoms with Crippen molar-refractivity contribution in [3.05, 3.63) is 0 Å². The van der Waals surface area contributed by atoms with Crippen molar-refractivity contribution in [1.82, 2.24) is 0 Å². The summed E-state index contributed by atoms with van der Waals surface area (Å²) >= 11 is 0. The largest absolute Gasteiger partial charge is 0.325 e. The minimum absolute atomic E-state index is 0. The molecule has 0 aromatic carbocycles. The van der Waals surface area contributed by atoms with Crippen molar-refractivity contribution in [3.8, 4) is 0 Å². The van der Waals surface area contributed by atoms with E-state index in [2.05, 4.69) is 27.7 Å². The normalized spacial score (nSPS) is 15.8. The summed E-state index contributed by atoms with van der Waals surface area (Å²) in [7, 11) is 0. The first-order chi connectivity index (χ1) is 4.50. The molecule has 0 bridgehead atoms. The molecule has 0 aliphatic rings. The molecule has 0 amide bonds. The third-order valence-electron chi connectivity index (χ3n) is 2.39. The van der Waals surface area contributed by atoms with E-state index in [1.807, 2.05) is 0 Å². The van der Waals surface area contributed by atoms with Gasteiger partial charge in [0, 0.05) is 5.54 Å². The molecule has 0 unspecified atom stereocenters. The third-order valence-corrected chi connectivity index (χ3v) is 2.39. The summed E-state index contributed by atoms with van der Waals surface area (Å²) in [6.45, 7) is 8.73. The van der Waals surface area contributed by atoms with Crippen molar-refractivity contribution in [3.63, 3.8) is 0 Å². The molecule has 1 nitrogen and oxygen atoms in total. The molecule has 2 N–H and O–H groups in total. The molecule has 0 spiro atoms. The van der Waals surface area contributed by atoms with Crippen molar-refractivity contribution in [1.29, 1.82) is 0 Å². The maximum atomic E-state index is 6.05. The lowest BCUT2D eigenvalue weighted by atomic mass is 9.85. The van der Waals surface area contributed by atoms with Gasteiger partial charge in [0.05, 0.1) is 0 Å². The number of unbranched alkanes of at least 4 members (excludes halogenated alkanes) is 1. The van der Waals surface area contributed by atoms with Crippen molar-refractivity contribution in [2.45, 2.75) is 52.5 Å². The minimum Gasteiger partial charge on any atom is -0.325 e. The van der Waals surface area contributed by atoms with Gasteiger partial charge in [-0.15, -0.1) is 12.4 Å². The Labute approximate surface area is 77.2 Å². The molecular weight excluding hydrogens is 158 g/mol. The number of rotatable bonds is 4.